The van der Waals surface area contributed by atoms with E-state index in [1.807, 2.05) is 19.3 Å². The van der Waals surface area contributed by atoms with Crippen LogP contribution in [-0.2, 0) is 0 Å². The minimum Gasteiger partial charge on any atom is -0.312 e. The standard InChI is InChI=1S/C13H20N2/c1-10-4-3-9-15-13(10)12(14-2)8-7-11-5-6-11/h3-4,9,11-12,14H,5-8H2,1-2H3. The lowest BCUT2D eigenvalue weighted by Gasteiger charge is -2.17. The van der Waals surface area contributed by atoms with Gasteiger partial charge in [0.25, 0.3) is 0 Å². The smallest absolute Gasteiger partial charge is 0.0602 e. The molecule has 82 valence electrons. The second kappa shape index (κ2) is 4.75. The number of aryl methyl sites for hydroxylation is 1. The van der Waals surface area contributed by atoms with Crippen LogP contribution in [0.2, 0.25) is 0 Å². The molecule has 1 aromatic rings. The predicted molar refractivity (Wildman–Crippen MR) is 62.7 cm³/mol. The van der Waals surface area contributed by atoms with Gasteiger partial charge in [-0.2, -0.15) is 0 Å². The van der Waals surface area contributed by atoms with Crippen LogP contribution in [0.3, 0.4) is 0 Å². The predicted octanol–water partition coefficient (Wildman–Crippen LogP) is 2.84. The fraction of sp³-hybridized carbons (Fsp3) is 0.615. The summed E-state index contributed by atoms with van der Waals surface area (Å²) >= 11 is 0. The molecule has 0 spiro atoms. The van der Waals surface area contributed by atoms with Crippen LogP contribution in [0, 0.1) is 12.8 Å². The summed E-state index contributed by atoms with van der Waals surface area (Å²) in [4.78, 5) is 4.49. The molecule has 1 N–H and O–H groups in total. The first-order valence-electron chi connectivity index (χ1n) is 5.90. The Morgan fingerprint density at radius 1 is 1.53 bits per heavy atom. The molecule has 0 radical (unpaired) electrons. The Kier molecular flexibility index (Phi) is 3.37. The summed E-state index contributed by atoms with van der Waals surface area (Å²) in [7, 11) is 2.03. The third kappa shape index (κ3) is 2.78. The van der Waals surface area contributed by atoms with Gasteiger partial charge in [0.2, 0.25) is 0 Å². The highest BCUT2D eigenvalue weighted by Crippen LogP contribution is 2.35. The molecule has 1 unspecified atom stereocenters. The summed E-state index contributed by atoms with van der Waals surface area (Å²) in [6.45, 7) is 2.14. The number of nitrogens with zero attached hydrogens (tertiary/aromatic N) is 1. The second-order valence-electron chi connectivity index (χ2n) is 4.57. The van der Waals surface area contributed by atoms with Gasteiger partial charge in [0, 0.05) is 12.2 Å². The molecule has 2 rings (SSSR count). The zero-order valence-electron chi connectivity index (χ0n) is 9.66. The Balaban J connectivity index is 2.00. The fourth-order valence-corrected chi connectivity index (χ4v) is 2.09. The molecule has 0 amide bonds. The van der Waals surface area contributed by atoms with Crippen molar-refractivity contribution in [2.75, 3.05) is 7.05 Å². The molecule has 15 heavy (non-hydrogen) atoms. The first-order valence-corrected chi connectivity index (χ1v) is 5.90. The van der Waals surface area contributed by atoms with Crippen LogP contribution in [0.4, 0.5) is 0 Å². The van der Waals surface area contributed by atoms with E-state index in [-0.39, 0.29) is 0 Å². The molecule has 0 bridgehead atoms. The monoisotopic (exact) mass is 204 g/mol. The second-order valence-corrected chi connectivity index (χ2v) is 4.57. The van der Waals surface area contributed by atoms with Crippen molar-refractivity contribution in [2.24, 2.45) is 5.92 Å². The Hall–Kier alpha value is -0.890. The van der Waals surface area contributed by atoms with E-state index in [0.717, 1.165) is 5.92 Å². The first kappa shape index (κ1) is 10.6. The highest BCUT2D eigenvalue weighted by Gasteiger charge is 2.23. The SMILES string of the molecule is CNC(CCC1CC1)c1ncccc1C. The van der Waals surface area contributed by atoms with Gasteiger partial charge < -0.3 is 5.32 Å². The van der Waals surface area contributed by atoms with Gasteiger partial charge in [-0.3, -0.25) is 4.98 Å². The third-order valence-electron chi connectivity index (χ3n) is 3.29. The number of nitrogens with one attached hydrogen (secondary N) is 1. The van der Waals surface area contributed by atoms with E-state index in [4.69, 9.17) is 0 Å². The molecule has 2 heteroatoms. The van der Waals surface area contributed by atoms with Crippen molar-refractivity contribution in [2.45, 2.75) is 38.6 Å². The fourth-order valence-electron chi connectivity index (χ4n) is 2.09. The van der Waals surface area contributed by atoms with Crippen molar-refractivity contribution in [1.82, 2.24) is 10.3 Å². The average Bonchev–Trinajstić information content (AvgIpc) is 3.05. The van der Waals surface area contributed by atoms with Crippen molar-refractivity contribution in [3.8, 4) is 0 Å². The Bertz CT molecular complexity index is 318. The highest BCUT2D eigenvalue weighted by atomic mass is 14.9. The number of hydrogen-bond acceptors (Lipinski definition) is 2. The Labute approximate surface area is 92.1 Å². The third-order valence-corrected chi connectivity index (χ3v) is 3.29. The van der Waals surface area contributed by atoms with Crippen LogP contribution < -0.4 is 5.32 Å². The lowest BCUT2D eigenvalue weighted by molar-refractivity contribution is 0.494. The van der Waals surface area contributed by atoms with Gasteiger partial charge in [0.15, 0.2) is 0 Å². The van der Waals surface area contributed by atoms with Crippen molar-refractivity contribution >= 4 is 0 Å². The molecule has 0 aliphatic heterocycles. The molecule has 0 aromatic carbocycles. The van der Waals surface area contributed by atoms with E-state index in [2.05, 4.69) is 23.3 Å². The molecular weight excluding hydrogens is 184 g/mol. The normalized spacial score (nSPS) is 17.7. The quantitative estimate of drug-likeness (QED) is 0.797. The van der Waals surface area contributed by atoms with Gasteiger partial charge in [-0.25, -0.2) is 0 Å². The molecular formula is C13H20N2. The molecule has 1 aliphatic carbocycles. The van der Waals surface area contributed by atoms with Crippen molar-refractivity contribution in [1.29, 1.82) is 0 Å². The van der Waals surface area contributed by atoms with E-state index in [9.17, 15) is 0 Å². The van der Waals surface area contributed by atoms with Gasteiger partial charge in [0.1, 0.15) is 0 Å². The van der Waals surface area contributed by atoms with Gasteiger partial charge >= 0.3 is 0 Å². The van der Waals surface area contributed by atoms with Crippen LogP contribution in [0.25, 0.3) is 0 Å². The molecule has 1 atom stereocenters. The molecule has 1 saturated carbocycles. The molecule has 1 aromatic heterocycles. The summed E-state index contributed by atoms with van der Waals surface area (Å²) < 4.78 is 0. The highest BCUT2D eigenvalue weighted by molar-refractivity contribution is 5.20. The topological polar surface area (TPSA) is 24.9 Å². The largest absolute Gasteiger partial charge is 0.312 e. The van der Waals surface area contributed by atoms with Crippen LogP contribution in [0.5, 0.6) is 0 Å². The van der Waals surface area contributed by atoms with Crippen molar-refractivity contribution in [3.63, 3.8) is 0 Å². The summed E-state index contributed by atoms with van der Waals surface area (Å²) in [6, 6.07) is 4.59. The van der Waals surface area contributed by atoms with E-state index >= 15 is 0 Å². The number of hydrogen-bond donors (Lipinski definition) is 1. The van der Waals surface area contributed by atoms with Gasteiger partial charge in [-0.1, -0.05) is 18.9 Å². The minimum atomic E-state index is 0.437. The molecule has 1 heterocycles. The lowest BCUT2D eigenvalue weighted by atomic mass is 10.0. The van der Waals surface area contributed by atoms with Crippen LogP contribution >= 0.6 is 0 Å². The Morgan fingerprint density at radius 2 is 2.33 bits per heavy atom. The minimum absolute atomic E-state index is 0.437. The molecule has 2 nitrogen and oxygen atoms in total. The maximum atomic E-state index is 4.49. The molecule has 1 aliphatic rings. The van der Waals surface area contributed by atoms with E-state index in [1.165, 1.54) is 36.9 Å². The Morgan fingerprint density at radius 3 is 2.93 bits per heavy atom. The molecule has 1 fully saturated rings. The van der Waals surface area contributed by atoms with Crippen LogP contribution in [-0.4, -0.2) is 12.0 Å². The number of rotatable bonds is 5. The summed E-state index contributed by atoms with van der Waals surface area (Å²) in [5, 5.41) is 3.38. The summed E-state index contributed by atoms with van der Waals surface area (Å²) in [5.74, 6) is 1.00. The number of aromatic nitrogens is 1. The maximum Gasteiger partial charge on any atom is 0.0602 e. The van der Waals surface area contributed by atoms with Crippen LogP contribution in [0.15, 0.2) is 18.3 Å². The van der Waals surface area contributed by atoms with Gasteiger partial charge in [-0.05, 0) is 44.4 Å². The first-order chi connectivity index (χ1) is 7.31. The zero-order chi connectivity index (χ0) is 10.7. The maximum absolute atomic E-state index is 4.49. The molecule has 0 saturated heterocycles. The van der Waals surface area contributed by atoms with E-state index in [1.54, 1.807) is 0 Å². The van der Waals surface area contributed by atoms with E-state index < -0.39 is 0 Å². The summed E-state index contributed by atoms with van der Waals surface area (Å²) in [5.41, 5.74) is 2.52. The van der Waals surface area contributed by atoms with Crippen molar-refractivity contribution in [3.05, 3.63) is 29.6 Å². The van der Waals surface area contributed by atoms with Gasteiger partial charge in [-0.15, -0.1) is 0 Å². The van der Waals surface area contributed by atoms with Crippen LogP contribution in [0.1, 0.15) is 43.0 Å². The zero-order valence-corrected chi connectivity index (χ0v) is 9.66. The van der Waals surface area contributed by atoms with E-state index in [0.29, 0.717) is 6.04 Å². The van der Waals surface area contributed by atoms with Gasteiger partial charge in [0.05, 0.1) is 5.69 Å². The van der Waals surface area contributed by atoms with Crippen molar-refractivity contribution < 1.29 is 0 Å². The average molecular weight is 204 g/mol. The number of pyridine rings is 1. The summed E-state index contributed by atoms with van der Waals surface area (Å²) in [6.07, 6.45) is 7.35. The lowest BCUT2D eigenvalue weighted by Crippen LogP contribution is -2.18.